The molecule has 0 radical (unpaired) electrons. The number of aliphatic hydroxyl groups excluding tert-OH is 12. The average Bonchev–Trinajstić information content (AvgIpc) is 3.33. The number of aliphatic hydroxyl groups is 12. The van der Waals surface area contributed by atoms with E-state index in [2.05, 4.69) is 6.92 Å². The minimum absolute atomic E-state index is 0.0360. The summed E-state index contributed by atoms with van der Waals surface area (Å²) < 4.78 is 57.3. The maximum Gasteiger partial charge on any atom is 0.186 e. The van der Waals surface area contributed by atoms with Gasteiger partial charge in [0.05, 0.1) is 91.3 Å². The highest BCUT2D eigenvalue weighted by Gasteiger charge is 2.48. The maximum atomic E-state index is 10.8. The third-order valence-corrected chi connectivity index (χ3v) is 12.4. The van der Waals surface area contributed by atoms with Gasteiger partial charge in [-0.3, -0.25) is 0 Å². The van der Waals surface area contributed by atoms with Crippen molar-refractivity contribution in [3.63, 3.8) is 0 Å². The number of rotatable bonds is 38. The summed E-state index contributed by atoms with van der Waals surface area (Å²) in [6, 6.07) is 0. The minimum Gasteiger partial charge on any atom is -0.394 e. The van der Waals surface area contributed by atoms with Gasteiger partial charge in [-0.15, -0.1) is 0 Å². The number of hydrogen-bond acceptors (Lipinski definition) is 22. The zero-order valence-corrected chi connectivity index (χ0v) is 39.4. The van der Waals surface area contributed by atoms with E-state index in [-0.39, 0.29) is 66.1 Å². The Kier molecular flexibility index (Phi) is 31.1. The van der Waals surface area contributed by atoms with Crippen molar-refractivity contribution in [1.29, 1.82) is 0 Å². The van der Waals surface area contributed by atoms with Crippen LogP contribution in [0.25, 0.3) is 0 Å². The van der Waals surface area contributed by atoms with E-state index in [9.17, 15) is 61.3 Å². The van der Waals surface area contributed by atoms with Crippen LogP contribution < -0.4 is 0 Å². The summed E-state index contributed by atoms with van der Waals surface area (Å²) >= 11 is 0. The van der Waals surface area contributed by atoms with Crippen molar-refractivity contribution in [2.45, 2.75) is 189 Å². The van der Waals surface area contributed by atoms with E-state index in [4.69, 9.17) is 47.4 Å². The van der Waals surface area contributed by atoms with E-state index in [0.717, 1.165) is 25.7 Å². The van der Waals surface area contributed by atoms with Crippen LogP contribution in [0.5, 0.6) is 0 Å². The summed E-state index contributed by atoms with van der Waals surface area (Å²) in [5.41, 5.74) is -1.27. The topological polar surface area (TPSA) is 335 Å². The number of hydrogen-bond donors (Lipinski definition) is 12. The zero-order chi connectivity index (χ0) is 49.0. The summed E-state index contributed by atoms with van der Waals surface area (Å²) in [5, 5.41) is 122. The fraction of sp³-hybridized carbons (Fsp3) is 1.00. The molecule has 12 N–H and O–H groups in total. The van der Waals surface area contributed by atoms with Crippen LogP contribution in [-0.4, -0.2) is 246 Å². The molecule has 3 rings (SSSR count). The van der Waals surface area contributed by atoms with Gasteiger partial charge in [-0.25, -0.2) is 0 Å². The molecule has 0 aliphatic carbocycles. The number of unbranched alkanes of at least 4 members (excludes halogenated alkanes) is 13. The van der Waals surface area contributed by atoms with Crippen molar-refractivity contribution in [2.75, 3.05) is 92.5 Å². The second-order valence-corrected chi connectivity index (χ2v) is 18.0. The largest absolute Gasteiger partial charge is 0.394 e. The van der Waals surface area contributed by atoms with Gasteiger partial charge in [0.25, 0.3) is 0 Å². The Morgan fingerprint density at radius 3 is 1.01 bits per heavy atom. The second-order valence-electron chi connectivity index (χ2n) is 18.0. The third-order valence-electron chi connectivity index (χ3n) is 12.4. The molecule has 398 valence electrons. The lowest BCUT2D eigenvalue weighted by atomic mass is 9.91. The van der Waals surface area contributed by atoms with E-state index < -0.39 is 117 Å². The molecule has 0 spiro atoms. The molecule has 3 aliphatic heterocycles. The number of ether oxygens (including phenoxy) is 10. The lowest BCUT2D eigenvalue weighted by Gasteiger charge is -2.43. The second kappa shape index (κ2) is 34.5. The van der Waals surface area contributed by atoms with Gasteiger partial charge < -0.3 is 109 Å². The van der Waals surface area contributed by atoms with Crippen LogP contribution in [0, 0.1) is 5.41 Å². The Bertz CT molecular complexity index is 1170. The van der Waals surface area contributed by atoms with Gasteiger partial charge in [0, 0.05) is 6.61 Å². The van der Waals surface area contributed by atoms with Crippen molar-refractivity contribution in [2.24, 2.45) is 5.41 Å². The van der Waals surface area contributed by atoms with Crippen LogP contribution in [0.4, 0.5) is 0 Å². The van der Waals surface area contributed by atoms with Crippen LogP contribution in [0.15, 0.2) is 0 Å². The molecule has 0 aromatic carbocycles. The molecule has 0 saturated carbocycles. The van der Waals surface area contributed by atoms with Crippen LogP contribution >= 0.6 is 0 Å². The van der Waals surface area contributed by atoms with Gasteiger partial charge in [0.15, 0.2) is 18.9 Å². The highest BCUT2D eigenvalue weighted by molar-refractivity contribution is 4.92. The fourth-order valence-electron chi connectivity index (χ4n) is 8.02. The lowest BCUT2D eigenvalue weighted by molar-refractivity contribution is -0.322. The predicted molar refractivity (Wildman–Crippen MR) is 235 cm³/mol. The molecular formula is C45H86O22. The molecule has 3 fully saturated rings. The summed E-state index contributed by atoms with van der Waals surface area (Å²) in [6.45, 7) is 0.255. The Morgan fingerprint density at radius 1 is 0.328 bits per heavy atom. The Balaban J connectivity index is 1.55. The van der Waals surface area contributed by atoms with E-state index in [1.807, 2.05) is 0 Å². The predicted octanol–water partition coefficient (Wildman–Crippen LogP) is -2.03. The lowest BCUT2D eigenvalue weighted by Crippen LogP contribution is -2.60. The first-order valence-corrected chi connectivity index (χ1v) is 24.4. The van der Waals surface area contributed by atoms with Crippen LogP contribution in [0.1, 0.15) is 96.8 Å². The molecule has 0 aromatic rings. The summed E-state index contributed by atoms with van der Waals surface area (Å²) in [7, 11) is 0. The van der Waals surface area contributed by atoms with Crippen molar-refractivity contribution in [1.82, 2.24) is 0 Å². The molecule has 0 aromatic heterocycles. The fourth-order valence-corrected chi connectivity index (χ4v) is 8.02. The van der Waals surface area contributed by atoms with Gasteiger partial charge >= 0.3 is 0 Å². The summed E-state index contributed by atoms with van der Waals surface area (Å²) in [4.78, 5) is 0. The normalized spacial score (nSPS) is 32.8. The SMILES string of the molecule is CCCCCCCCCCCCCCCCOCC(COCCOCCOCCO[C@H]1O[C@H](CO)[C@@H](O)[C@H](O)[C@@H]1O)(CO[C@H]1O[C@H](CO)[C@@H](O)[C@H](O)[C@@H]1O)CO[C@H]1O[C@H](CO)[C@@H](O)[C@H](O)[C@@H]1O. The standard InChI is InChI=1S/C45H86O22/c1-2-3-4-5-6-7-8-9-10-11-12-13-14-15-16-60-26-45(28-63-43-40(56)37(53)34(50)31(24-47)66-43,29-64-44-41(57)38(54)35(51)32(25-48)67-44)27-61-20-19-58-17-18-59-21-22-62-42-39(55)36(52)33(49)30(23-46)65-42/h30-44,46-57H,2-29H2,1H3/t30-,31-,32-,33-,34-,35-,36+,37+,38+,39+,40+,41+,42+,43+,44+/m1/s1. The summed E-state index contributed by atoms with van der Waals surface area (Å²) in [6.07, 6.45) is -5.88. The van der Waals surface area contributed by atoms with E-state index >= 15 is 0 Å². The highest BCUT2D eigenvalue weighted by Crippen LogP contribution is 2.30. The molecule has 15 atom stereocenters. The average molecular weight is 979 g/mol. The molecule has 0 amide bonds. The highest BCUT2D eigenvalue weighted by atomic mass is 16.7. The van der Waals surface area contributed by atoms with Crippen molar-refractivity contribution in [3.8, 4) is 0 Å². The quantitative estimate of drug-likeness (QED) is 0.0297. The van der Waals surface area contributed by atoms with Crippen LogP contribution in [0.3, 0.4) is 0 Å². The minimum atomic E-state index is -1.71. The van der Waals surface area contributed by atoms with Gasteiger partial charge in [0.1, 0.15) is 73.2 Å². The molecule has 3 aliphatic rings. The molecule has 22 nitrogen and oxygen atoms in total. The molecule has 22 heteroatoms. The molecular weight excluding hydrogens is 892 g/mol. The molecule has 0 bridgehead atoms. The zero-order valence-electron chi connectivity index (χ0n) is 39.4. The third kappa shape index (κ3) is 21.0. The van der Waals surface area contributed by atoms with Crippen molar-refractivity contribution in [3.05, 3.63) is 0 Å². The van der Waals surface area contributed by atoms with Crippen LogP contribution in [-0.2, 0) is 47.4 Å². The Labute approximate surface area is 394 Å². The van der Waals surface area contributed by atoms with Gasteiger partial charge in [-0.1, -0.05) is 90.4 Å². The molecule has 0 unspecified atom stereocenters. The van der Waals surface area contributed by atoms with E-state index in [0.29, 0.717) is 6.61 Å². The maximum absolute atomic E-state index is 10.8. The van der Waals surface area contributed by atoms with Gasteiger partial charge in [-0.2, -0.15) is 0 Å². The van der Waals surface area contributed by atoms with Crippen molar-refractivity contribution >= 4 is 0 Å². The smallest absolute Gasteiger partial charge is 0.186 e. The van der Waals surface area contributed by atoms with Crippen LogP contribution in [0.2, 0.25) is 0 Å². The van der Waals surface area contributed by atoms with E-state index in [1.165, 1.54) is 64.2 Å². The monoisotopic (exact) mass is 979 g/mol. The van der Waals surface area contributed by atoms with Gasteiger partial charge in [0.2, 0.25) is 0 Å². The molecule has 67 heavy (non-hydrogen) atoms. The first-order chi connectivity index (χ1) is 32.3. The molecule has 3 heterocycles. The van der Waals surface area contributed by atoms with E-state index in [1.54, 1.807) is 0 Å². The Morgan fingerprint density at radius 2 is 0.642 bits per heavy atom. The van der Waals surface area contributed by atoms with Crippen molar-refractivity contribution < 1.29 is 109 Å². The Hall–Kier alpha value is -0.880. The molecule has 3 saturated heterocycles. The summed E-state index contributed by atoms with van der Waals surface area (Å²) in [5.74, 6) is 0. The first kappa shape index (κ1) is 60.4. The van der Waals surface area contributed by atoms with Gasteiger partial charge in [-0.05, 0) is 6.42 Å². The first-order valence-electron chi connectivity index (χ1n) is 24.4.